The summed E-state index contributed by atoms with van der Waals surface area (Å²) in [4.78, 5) is 20.4. The van der Waals surface area contributed by atoms with Gasteiger partial charge in [0, 0.05) is 11.9 Å². The van der Waals surface area contributed by atoms with Gasteiger partial charge in [0.1, 0.15) is 5.75 Å². The van der Waals surface area contributed by atoms with Crippen LogP contribution in [0.3, 0.4) is 0 Å². The normalized spacial score (nSPS) is 11.9. The summed E-state index contributed by atoms with van der Waals surface area (Å²) in [5.74, 6) is -0.303. The molecular formula is C15H17N3O2. The molecule has 0 aromatic carbocycles. The highest BCUT2D eigenvalue weighted by Gasteiger charge is 2.15. The summed E-state index contributed by atoms with van der Waals surface area (Å²) in [6.45, 7) is 3.90. The molecule has 0 aliphatic rings. The third-order valence-electron chi connectivity index (χ3n) is 2.97. The summed E-state index contributed by atoms with van der Waals surface area (Å²) in [6, 6.07) is 6.95. The first-order valence-electron chi connectivity index (χ1n) is 6.48. The molecule has 2 aromatic rings. The van der Waals surface area contributed by atoms with Crippen molar-refractivity contribution in [1.29, 1.82) is 0 Å². The van der Waals surface area contributed by atoms with Crippen molar-refractivity contribution >= 4 is 5.91 Å². The Morgan fingerprint density at radius 1 is 1.40 bits per heavy atom. The number of hydrogen-bond donors (Lipinski definition) is 2. The van der Waals surface area contributed by atoms with E-state index in [2.05, 4.69) is 15.3 Å². The summed E-state index contributed by atoms with van der Waals surface area (Å²) in [7, 11) is 0. The fourth-order valence-electron chi connectivity index (χ4n) is 1.94. The van der Waals surface area contributed by atoms with Crippen molar-refractivity contribution in [2.45, 2.75) is 26.3 Å². The molecule has 2 heterocycles. The number of aromatic nitrogens is 2. The number of nitrogens with one attached hydrogen (secondary N) is 1. The molecule has 2 N–H and O–H groups in total. The van der Waals surface area contributed by atoms with Crippen molar-refractivity contribution in [2.24, 2.45) is 0 Å². The highest BCUT2D eigenvalue weighted by atomic mass is 16.3. The molecule has 0 fully saturated rings. The van der Waals surface area contributed by atoms with Crippen LogP contribution in [0.5, 0.6) is 5.75 Å². The monoisotopic (exact) mass is 271 g/mol. The largest absolute Gasteiger partial charge is 0.506 e. The van der Waals surface area contributed by atoms with Crippen LogP contribution in [-0.2, 0) is 0 Å². The van der Waals surface area contributed by atoms with Crippen LogP contribution in [0.15, 0.2) is 36.7 Å². The maximum absolute atomic E-state index is 12.1. The van der Waals surface area contributed by atoms with Gasteiger partial charge in [-0.25, -0.2) is 0 Å². The first-order chi connectivity index (χ1) is 9.60. The minimum atomic E-state index is -0.274. The van der Waals surface area contributed by atoms with E-state index in [4.69, 9.17) is 0 Å². The summed E-state index contributed by atoms with van der Waals surface area (Å²) in [5, 5.41) is 12.3. The number of carbonyl (C=O) groups excluding carboxylic acids is 1. The smallest absolute Gasteiger partial charge is 0.253 e. The number of aryl methyl sites for hydroxylation is 1. The van der Waals surface area contributed by atoms with Gasteiger partial charge in [-0.3, -0.25) is 14.8 Å². The van der Waals surface area contributed by atoms with E-state index in [9.17, 15) is 9.90 Å². The number of hydrogen-bond acceptors (Lipinski definition) is 4. The van der Waals surface area contributed by atoms with Crippen molar-refractivity contribution < 1.29 is 9.90 Å². The van der Waals surface area contributed by atoms with Crippen molar-refractivity contribution in [1.82, 2.24) is 15.3 Å². The van der Waals surface area contributed by atoms with Crippen molar-refractivity contribution in [3.63, 3.8) is 0 Å². The molecule has 5 nitrogen and oxygen atoms in total. The Balaban J connectivity index is 2.16. The Morgan fingerprint density at radius 2 is 2.20 bits per heavy atom. The molecule has 104 valence electrons. The zero-order valence-corrected chi connectivity index (χ0v) is 11.5. The Kier molecular flexibility index (Phi) is 4.30. The minimum absolute atomic E-state index is 0.0284. The zero-order valence-electron chi connectivity index (χ0n) is 11.5. The zero-order chi connectivity index (χ0) is 14.5. The Hall–Kier alpha value is -2.43. The van der Waals surface area contributed by atoms with E-state index in [0.29, 0.717) is 5.56 Å². The van der Waals surface area contributed by atoms with Gasteiger partial charge in [0.2, 0.25) is 0 Å². The van der Waals surface area contributed by atoms with Crippen LogP contribution in [0.2, 0.25) is 0 Å². The van der Waals surface area contributed by atoms with Gasteiger partial charge in [0.25, 0.3) is 5.91 Å². The molecule has 0 aliphatic carbocycles. The molecular weight excluding hydrogens is 254 g/mol. The second-order valence-electron chi connectivity index (χ2n) is 4.57. The molecule has 0 saturated carbocycles. The van der Waals surface area contributed by atoms with E-state index in [1.165, 1.54) is 18.5 Å². The number of amides is 1. The van der Waals surface area contributed by atoms with E-state index in [1.54, 1.807) is 0 Å². The van der Waals surface area contributed by atoms with E-state index in [-0.39, 0.29) is 17.7 Å². The molecule has 0 spiro atoms. The van der Waals surface area contributed by atoms with Crippen LogP contribution in [0.4, 0.5) is 0 Å². The lowest BCUT2D eigenvalue weighted by Gasteiger charge is -2.17. The summed E-state index contributed by atoms with van der Waals surface area (Å²) < 4.78 is 0. The lowest BCUT2D eigenvalue weighted by atomic mass is 10.1. The molecule has 0 saturated heterocycles. The van der Waals surface area contributed by atoms with Gasteiger partial charge in [-0.1, -0.05) is 13.0 Å². The van der Waals surface area contributed by atoms with Gasteiger partial charge in [-0.15, -0.1) is 0 Å². The molecule has 1 amide bonds. The first kappa shape index (κ1) is 14.0. The van der Waals surface area contributed by atoms with Gasteiger partial charge < -0.3 is 10.4 Å². The average molecular weight is 271 g/mol. The maximum atomic E-state index is 12.1. The van der Waals surface area contributed by atoms with Crippen LogP contribution >= 0.6 is 0 Å². The molecule has 0 radical (unpaired) electrons. The topological polar surface area (TPSA) is 75.1 Å². The van der Waals surface area contributed by atoms with Crippen LogP contribution in [-0.4, -0.2) is 21.0 Å². The molecule has 0 unspecified atom stereocenters. The predicted molar refractivity (Wildman–Crippen MR) is 75.4 cm³/mol. The SMILES string of the molecule is CC[C@@H](NC(=O)c1cncc(O)c1)c1cccc(C)n1. The van der Waals surface area contributed by atoms with Gasteiger partial charge in [-0.05, 0) is 31.5 Å². The second-order valence-corrected chi connectivity index (χ2v) is 4.57. The molecule has 20 heavy (non-hydrogen) atoms. The highest BCUT2D eigenvalue weighted by Crippen LogP contribution is 2.16. The number of pyridine rings is 2. The summed E-state index contributed by atoms with van der Waals surface area (Å²) in [5.41, 5.74) is 2.07. The lowest BCUT2D eigenvalue weighted by molar-refractivity contribution is 0.0934. The van der Waals surface area contributed by atoms with E-state index >= 15 is 0 Å². The van der Waals surface area contributed by atoms with Gasteiger partial charge >= 0.3 is 0 Å². The molecule has 5 heteroatoms. The lowest BCUT2D eigenvalue weighted by Crippen LogP contribution is -2.28. The number of nitrogens with zero attached hydrogens (tertiary/aromatic N) is 2. The van der Waals surface area contributed by atoms with E-state index < -0.39 is 0 Å². The van der Waals surface area contributed by atoms with Gasteiger partial charge in [0.15, 0.2) is 0 Å². The number of carbonyl (C=O) groups is 1. The average Bonchev–Trinajstić information content (AvgIpc) is 2.44. The fourth-order valence-corrected chi connectivity index (χ4v) is 1.94. The molecule has 0 aliphatic heterocycles. The highest BCUT2D eigenvalue weighted by molar-refractivity contribution is 5.94. The Bertz CT molecular complexity index is 614. The molecule has 0 bridgehead atoms. The van der Waals surface area contributed by atoms with Gasteiger partial charge in [-0.2, -0.15) is 0 Å². The molecule has 1 atom stereocenters. The summed E-state index contributed by atoms with van der Waals surface area (Å²) in [6.07, 6.45) is 3.44. The van der Waals surface area contributed by atoms with Crippen LogP contribution in [0.1, 0.15) is 41.1 Å². The number of aromatic hydroxyl groups is 1. The van der Waals surface area contributed by atoms with Gasteiger partial charge in [0.05, 0.1) is 23.5 Å². The fraction of sp³-hybridized carbons (Fsp3) is 0.267. The van der Waals surface area contributed by atoms with Crippen LogP contribution in [0.25, 0.3) is 0 Å². The third kappa shape index (κ3) is 3.32. The first-order valence-corrected chi connectivity index (χ1v) is 6.48. The second kappa shape index (κ2) is 6.14. The van der Waals surface area contributed by atoms with Crippen LogP contribution in [0, 0.1) is 6.92 Å². The number of rotatable bonds is 4. The van der Waals surface area contributed by atoms with E-state index in [1.807, 2.05) is 32.0 Å². The molecule has 2 rings (SSSR count). The third-order valence-corrected chi connectivity index (χ3v) is 2.97. The van der Waals surface area contributed by atoms with Crippen molar-refractivity contribution in [3.05, 3.63) is 53.6 Å². The van der Waals surface area contributed by atoms with Crippen molar-refractivity contribution in [3.8, 4) is 5.75 Å². The quantitative estimate of drug-likeness (QED) is 0.895. The van der Waals surface area contributed by atoms with Crippen molar-refractivity contribution in [2.75, 3.05) is 0 Å². The maximum Gasteiger partial charge on any atom is 0.253 e. The van der Waals surface area contributed by atoms with E-state index in [0.717, 1.165) is 17.8 Å². The van der Waals surface area contributed by atoms with Crippen LogP contribution < -0.4 is 5.32 Å². The summed E-state index contributed by atoms with van der Waals surface area (Å²) >= 11 is 0. The Labute approximate surface area is 117 Å². The minimum Gasteiger partial charge on any atom is -0.506 e. The molecule has 2 aromatic heterocycles. The standard InChI is InChI=1S/C15H17N3O2/c1-3-13(14-6-4-5-10(2)17-14)18-15(20)11-7-12(19)9-16-8-11/h4-9,13,19H,3H2,1-2H3,(H,18,20)/t13-/m1/s1. The Morgan fingerprint density at radius 3 is 2.85 bits per heavy atom. The predicted octanol–water partition coefficient (Wildman–Crippen LogP) is 2.37.